The number of hydrogen-bond acceptors (Lipinski definition) is 3. The molecule has 0 aliphatic carbocycles. The Kier molecular flexibility index (Phi) is 4.47. The summed E-state index contributed by atoms with van der Waals surface area (Å²) < 4.78 is 0. The van der Waals surface area contributed by atoms with E-state index in [1.54, 1.807) is 0 Å². The highest BCUT2D eigenvalue weighted by atomic mass is 16.4. The average molecular weight is 356 g/mol. The van der Waals surface area contributed by atoms with Crippen LogP contribution in [0.5, 0.6) is 0 Å². The smallest absolute Gasteiger partial charge is 0.307 e. The van der Waals surface area contributed by atoms with Crippen molar-refractivity contribution in [3.05, 3.63) is 77.9 Å². The molecule has 0 aliphatic rings. The van der Waals surface area contributed by atoms with Gasteiger partial charge in [-0.3, -0.25) is 4.79 Å². The summed E-state index contributed by atoms with van der Waals surface area (Å²) in [6.45, 7) is 2.14. The Morgan fingerprint density at radius 3 is 2.37 bits per heavy atom. The first-order valence-corrected chi connectivity index (χ1v) is 9.03. The number of carboxylic acids is 1. The molecule has 134 valence electrons. The number of carboxylic acid groups (broad SMARTS) is 1. The zero-order chi connectivity index (χ0) is 18.8. The Morgan fingerprint density at radius 2 is 1.63 bits per heavy atom. The van der Waals surface area contributed by atoms with Crippen LogP contribution in [0.15, 0.2) is 66.7 Å². The summed E-state index contributed by atoms with van der Waals surface area (Å²) in [6, 6.07) is 22.0. The minimum atomic E-state index is -0.825. The van der Waals surface area contributed by atoms with Crippen LogP contribution in [-0.2, 0) is 17.6 Å². The lowest BCUT2D eigenvalue weighted by Gasteiger charge is -2.14. The fourth-order valence-corrected chi connectivity index (χ4v) is 3.32. The first-order valence-electron chi connectivity index (χ1n) is 9.03. The number of carbonyl (C=O) groups is 1. The van der Waals surface area contributed by atoms with Crippen molar-refractivity contribution in [1.29, 1.82) is 0 Å². The number of aliphatic carboxylic acids is 1. The van der Waals surface area contributed by atoms with Crippen LogP contribution < -0.4 is 5.32 Å². The van der Waals surface area contributed by atoms with Gasteiger partial charge in [-0.1, -0.05) is 49.4 Å². The van der Waals surface area contributed by atoms with Crippen molar-refractivity contribution in [2.75, 3.05) is 5.32 Å². The topological polar surface area (TPSA) is 62.2 Å². The number of benzene rings is 3. The van der Waals surface area contributed by atoms with Gasteiger partial charge in [0.25, 0.3) is 0 Å². The Labute approximate surface area is 157 Å². The van der Waals surface area contributed by atoms with Gasteiger partial charge in [-0.15, -0.1) is 0 Å². The summed E-state index contributed by atoms with van der Waals surface area (Å²) in [4.78, 5) is 15.7. The quantitative estimate of drug-likeness (QED) is 0.475. The maximum absolute atomic E-state index is 10.9. The minimum Gasteiger partial charge on any atom is -0.481 e. The highest BCUT2D eigenvalue weighted by Crippen LogP contribution is 2.33. The number of anilines is 2. The number of nitrogens with zero attached hydrogens (tertiary/aromatic N) is 1. The van der Waals surface area contributed by atoms with Gasteiger partial charge in [0, 0.05) is 16.5 Å². The molecule has 0 radical (unpaired) electrons. The van der Waals surface area contributed by atoms with Crippen molar-refractivity contribution in [3.63, 3.8) is 0 Å². The van der Waals surface area contributed by atoms with Crippen molar-refractivity contribution in [3.8, 4) is 0 Å². The molecule has 0 spiro atoms. The van der Waals surface area contributed by atoms with E-state index in [1.165, 1.54) is 5.56 Å². The van der Waals surface area contributed by atoms with Crippen LogP contribution in [0, 0.1) is 0 Å². The normalized spacial score (nSPS) is 11.0. The van der Waals surface area contributed by atoms with Crippen LogP contribution in [0.3, 0.4) is 0 Å². The third-order valence-corrected chi connectivity index (χ3v) is 4.73. The second-order valence-corrected chi connectivity index (χ2v) is 6.60. The van der Waals surface area contributed by atoms with E-state index in [4.69, 9.17) is 10.1 Å². The van der Waals surface area contributed by atoms with Gasteiger partial charge in [-0.2, -0.15) is 0 Å². The zero-order valence-electron chi connectivity index (χ0n) is 15.1. The summed E-state index contributed by atoms with van der Waals surface area (Å²) >= 11 is 0. The maximum atomic E-state index is 10.9. The molecule has 1 heterocycles. The predicted octanol–water partition coefficient (Wildman–Crippen LogP) is 5.32. The second kappa shape index (κ2) is 7.08. The minimum absolute atomic E-state index is 0.0290. The van der Waals surface area contributed by atoms with Gasteiger partial charge in [-0.05, 0) is 41.8 Å². The lowest BCUT2D eigenvalue weighted by molar-refractivity contribution is -0.136. The van der Waals surface area contributed by atoms with E-state index in [-0.39, 0.29) is 6.42 Å². The fraction of sp³-hybridized carbons (Fsp3) is 0.130. The largest absolute Gasteiger partial charge is 0.481 e. The van der Waals surface area contributed by atoms with E-state index in [0.717, 1.165) is 45.2 Å². The van der Waals surface area contributed by atoms with Gasteiger partial charge < -0.3 is 10.4 Å². The number of para-hydroxylation sites is 1. The standard InChI is InChI=1S/C23H20N2O2/c1-2-15-9-12-19-21(13-15)25-20-6-4-3-5-18(20)23(19)24-17-10-7-16(8-11-17)14-22(26)27/h3-13H,2,14H2,1H3,(H,24,25)(H,26,27). The summed E-state index contributed by atoms with van der Waals surface area (Å²) in [5.74, 6) is -0.825. The highest BCUT2D eigenvalue weighted by molar-refractivity contribution is 6.08. The van der Waals surface area contributed by atoms with E-state index >= 15 is 0 Å². The van der Waals surface area contributed by atoms with Crippen LogP contribution in [0.1, 0.15) is 18.1 Å². The van der Waals surface area contributed by atoms with Crippen LogP contribution in [-0.4, -0.2) is 16.1 Å². The molecule has 0 amide bonds. The SMILES string of the molecule is CCc1ccc2c(Nc3ccc(CC(=O)O)cc3)c3ccccc3nc2c1. The summed E-state index contributed by atoms with van der Waals surface area (Å²) in [6.07, 6.45) is 0.999. The molecule has 0 fully saturated rings. The third-order valence-electron chi connectivity index (χ3n) is 4.73. The number of rotatable bonds is 5. The van der Waals surface area contributed by atoms with Gasteiger partial charge in [-0.25, -0.2) is 4.98 Å². The molecule has 0 bridgehead atoms. The van der Waals surface area contributed by atoms with Crippen LogP contribution in [0.25, 0.3) is 21.8 Å². The van der Waals surface area contributed by atoms with Crippen LogP contribution >= 0.6 is 0 Å². The molecule has 0 atom stereocenters. The van der Waals surface area contributed by atoms with Gasteiger partial charge in [0.1, 0.15) is 0 Å². The predicted molar refractivity (Wildman–Crippen MR) is 110 cm³/mol. The molecule has 4 nitrogen and oxygen atoms in total. The first-order chi connectivity index (χ1) is 13.1. The molecule has 1 aromatic heterocycles. The molecular formula is C23H20N2O2. The molecular weight excluding hydrogens is 336 g/mol. The molecule has 0 saturated heterocycles. The van der Waals surface area contributed by atoms with E-state index < -0.39 is 5.97 Å². The first kappa shape index (κ1) is 17.0. The van der Waals surface area contributed by atoms with Gasteiger partial charge in [0.15, 0.2) is 0 Å². The molecule has 0 saturated carbocycles. The highest BCUT2D eigenvalue weighted by Gasteiger charge is 2.10. The van der Waals surface area contributed by atoms with Gasteiger partial charge in [0.05, 0.1) is 23.1 Å². The Balaban J connectivity index is 1.82. The monoisotopic (exact) mass is 356 g/mol. The molecule has 0 aliphatic heterocycles. The number of fused-ring (bicyclic) bond motifs is 2. The number of aromatic nitrogens is 1. The van der Waals surface area contributed by atoms with Crippen molar-refractivity contribution >= 4 is 39.1 Å². The fourth-order valence-electron chi connectivity index (χ4n) is 3.32. The van der Waals surface area contributed by atoms with Crippen LogP contribution in [0.2, 0.25) is 0 Å². The molecule has 3 aromatic carbocycles. The summed E-state index contributed by atoms with van der Waals surface area (Å²) in [7, 11) is 0. The second-order valence-electron chi connectivity index (χ2n) is 6.60. The average Bonchev–Trinajstić information content (AvgIpc) is 2.68. The van der Waals surface area contributed by atoms with Crippen molar-refractivity contribution < 1.29 is 9.90 Å². The van der Waals surface area contributed by atoms with E-state index in [1.807, 2.05) is 42.5 Å². The third kappa shape index (κ3) is 3.47. The Hall–Kier alpha value is -3.40. The number of hydrogen-bond donors (Lipinski definition) is 2. The molecule has 0 unspecified atom stereocenters. The number of pyridine rings is 1. The van der Waals surface area contributed by atoms with Crippen LogP contribution in [0.4, 0.5) is 11.4 Å². The molecule has 4 rings (SSSR count). The number of aryl methyl sites for hydroxylation is 1. The van der Waals surface area contributed by atoms with Gasteiger partial charge in [0.2, 0.25) is 0 Å². The van der Waals surface area contributed by atoms with E-state index in [9.17, 15) is 4.79 Å². The van der Waals surface area contributed by atoms with E-state index in [0.29, 0.717) is 0 Å². The van der Waals surface area contributed by atoms with Crippen molar-refractivity contribution in [2.45, 2.75) is 19.8 Å². The zero-order valence-corrected chi connectivity index (χ0v) is 15.1. The molecule has 4 aromatic rings. The molecule has 4 heteroatoms. The maximum Gasteiger partial charge on any atom is 0.307 e. The van der Waals surface area contributed by atoms with Crippen molar-refractivity contribution in [2.24, 2.45) is 0 Å². The summed E-state index contributed by atoms with van der Waals surface area (Å²) in [5, 5.41) is 14.6. The van der Waals surface area contributed by atoms with Crippen molar-refractivity contribution in [1.82, 2.24) is 4.98 Å². The van der Waals surface area contributed by atoms with E-state index in [2.05, 4.69) is 36.5 Å². The molecule has 27 heavy (non-hydrogen) atoms. The molecule has 2 N–H and O–H groups in total. The Morgan fingerprint density at radius 1 is 0.926 bits per heavy atom. The van der Waals surface area contributed by atoms with Gasteiger partial charge >= 0.3 is 5.97 Å². The summed E-state index contributed by atoms with van der Waals surface area (Å²) in [5.41, 5.74) is 5.89. The number of nitrogens with one attached hydrogen (secondary N) is 1. The lowest BCUT2D eigenvalue weighted by atomic mass is 10.0. The Bertz CT molecular complexity index is 1130. The lowest BCUT2D eigenvalue weighted by Crippen LogP contribution is -2.00.